The molecule has 0 radical (unpaired) electrons. The molecule has 0 aliphatic rings. The lowest BCUT2D eigenvalue weighted by Crippen LogP contribution is -2.00. The average molecular weight is 251 g/mol. The van der Waals surface area contributed by atoms with Crippen molar-refractivity contribution in [3.8, 4) is 5.75 Å². The highest BCUT2D eigenvalue weighted by Gasteiger charge is 2.04. The summed E-state index contributed by atoms with van der Waals surface area (Å²) >= 11 is 3.46. The van der Waals surface area contributed by atoms with E-state index in [-0.39, 0.29) is 7.69 Å². The van der Waals surface area contributed by atoms with Crippen LogP contribution in [0.4, 0.5) is 0 Å². The van der Waals surface area contributed by atoms with Gasteiger partial charge in [0.05, 0.1) is 0 Å². The highest BCUT2D eigenvalue weighted by Crippen LogP contribution is 2.31. The molecule has 2 aromatic carbocycles. The zero-order chi connectivity index (χ0) is 9.97. The van der Waals surface area contributed by atoms with Gasteiger partial charge < -0.3 is 9.68 Å². The zero-order valence-electron chi connectivity index (χ0n) is 7.40. The molecular formula is C10H8BBrO2. The van der Waals surface area contributed by atoms with Gasteiger partial charge in [-0.05, 0) is 17.5 Å². The van der Waals surface area contributed by atoms with Crippen molar-refractivity contribution in [1.29, 1.82) is 0 Å². The first-order chi connectivity index (χ1) is 6.83. The van der Waals surface area contributed by atoms with Crippen LogP contribution in [0.25, 0.3) is 10.8 Å². The number of hydrogen-bond acceptors (Lipinski definition) is 2. The van der Waals surface area contributed by atoms with Gasteiger partial charge >= 0.3 is 7.69 Å². The monoisotopic (exact) mass is 250 g/mol. The molecule has 2 aromatic rings. The zero-order valence-corrected chi connectivity index (χ0v) is 8.99. The van der Waals surface area contributed by atoms with Crippen molar-refractivity contribution in [1.82, 2.24) is 0 Å². The number of hydrogen-bond donors (Lipinski definition) is 1. The summed E-state index contributed by atoms with van der Waals surface area (Å²) in [5.74, 6) is 0.692. The molecule has 0 bridgehead atoms. The van der Waals surface area contributed by atoms with Gasteiger partial charge in [-0.15, -0.1) is 0 Å². The van der Waals surface area contributed by atoms with Crippen LogP contribution in [-0.2, 0) is 0 Å². The second-order valence-electron chi connectivity index (χ2n) is 2.87. The predicted octanol–water partition coefficient (Wildman–Crippen LogP) is 2.24. The van der Waals surface area contributed by atoms with E-state index in [1.807, 2.05) is 36.4 Å². The maximum Gasteiger partial charge on any atom is 0.504 e. The molecule has 2 nitrogen and oxygen atoms in total. The van der Waals surface area contributed by atoms with Gasteiger partial charge in [0.1, 0.15) is 5.75 Å². The number of fused-ring (bicyclic) bond motifs is 1. The van der Waals surface area contributed by atoms with Crippen molar-refractivity contribution in [3.05, 3.63) is 40.9 Å². The summed E-state index contributed by atoms with van der Waals surface area (Å²) in [6.45, 7) is 0. The number of benzene rings is 2. The van der Waals surface area contributed by atoms with Crippen molar-refractivity contribution in [2.45, 2.75) is 0 Å². The number of rotatable bonds is 2. The molecule has 0 aliphatic heterocycles. The van der Waals surface area contributed by atoms with Crippen LogP contribution in [0.15, 0.2) is 40.9 Å². The van der Waals surface area contributed by atoms with Gasteiger partial charge in [0.25, 0.3) is 0 Å². The smallest absolute Gasteiger partial charge is 0.504 e. The van der Waals surface area contributed by atoms with Crippen molar-refractivity contribution >= 4 is 34.4 Å². The molecule has 14 heavy (non-hydrogen) atoms. The van der Waals surface area contributed by atoms with Gasteiger partial charge in [-0.2, -0.15) is 0 Å². The summed E-state index contributed by atoms with van der Waals surface area (Å²) < 4.78 is 6.10. The van der Waals surface area contributed by atoms with Crippen molar-refractivity contribution < 1.29 is 9.68 Å². The number of halogens is 1. The Labute approximate surface area is 90.9 Å². The Balaban J connectivity index is 2.71. The quantitative estimate of drug-likeness (QED) is 0.829. The summed E-state index contributed by atoms with van der Waals surface area (Å²) in [6, 6.07) is 11.7. The third kappa shape index (κ3) is 1.63. The first-order valence-electron chi connectivity index (χ1n) is 4.24. The maximum atomic E-state index is 8.73. The van der Waals surface area contributed by atoms with Crippen molar-refractivity contribution in [2.24, 2.45) is 0 Å². The Bertz CT molecular complexity index is 454. The first-order valence-corrected chi connectivity index (χ1v) is 5.03. The summed E-state index contributed by atoms with van der Waals surface area (Å²) in [5, 5.41) is 10.8. The largest absolute Gasteiger partial charge is 0.538 e. The van der Waals surface area contributed by atoms with E-state index in [2.05, 4.69) is 15.9 Å². The lowest BCUT2D eigenvalue weighted by molar-refractivity contribution is 0.456. The van der Waals surface area contributed by atoms with Gasteiger partial charge in [-0.25, -0.2) is 0 Å². The lowest BCUT2D eigenvalue weighted by atomic mass is 10.1. The summed E-state index contributed by atoms with van der Waals surface area (Å²) in [4.78, 5) is 0. The minimum Gasteiger partial charge on any atom is -0.538 e. The molecule has 0 aromatic heterocycles. The normalized spacial score (nSPS) is 10.1. The molecule has 0 amide bonds. The van der Waals surface area contributed by atoms with Crippen LogP contribution in [-0.4, -0.2) is 12.7 Å². The molecule has 0 unspecified atom stereocenters. The molecule has 0 fully saturated rings. The topological polar surface area (TPSA) is 29.5 Å². The van der Waals surface area contributed by atoms with Crippen LogP contribution in [0.5, 0.6) is 5.75 Å². The minimum atomic E-state index is -0.305. The van der Waals surface area contributed by atoms with Gasteiger partial charge in [-0.3, -0.25) is 0 Å². The van der Waals surface area contributed by atoms with Crippen LogP contribution < -0.4 is 4.65 Å². The second kappa shape index (κ2) is 4.03. The molecule has 0 saturated carbocycles. The van der Waals surface area contributed by atoms with E-state index in [1.54, 1.807) is 0 Å². The van der Waals surface area contributed by atoms with Crippen molar-refractivity contribution in [3.63, 3.8) is 0 Å². The Morgan fingerprint density at radius 2 is 1.86 bits per heavy atom. The Kier molecular flexibility index (Phi) is 2.75. The van der Waals surface area contributed by atoms with Crippen LogP contribution in [0, 0.1) is 0 Å². The van der Waals surface area contributed by atoms with E-state index in [0.717, 1.165) is 15.2 Å². The van der Waals surface area contributed by atoms with E-state index in [1.165, 1.54) is 0 Å². The van der Waals surface area contributed by atoms with Gasteiger partial charge in [0.15, 0.2) is 0 Å². The maximum absolute atomic E-state index is 8.73. The molecule has 4 heteroatoms. The Morgan fingerprint density at radius 3 is 2.57 bits per heavy atom. The van der Waals surface area contributed by atoms with E-state index >= 15 is 0 Å². The van der Waals surface area contributed by atoms with E-state index < -0.39 is 0 Å². The van der Waals surface area contributed by atoms with Crippen LogP contribution in [0.2, 0.25) is 0 Å². The van der Waals surface area contributed by atoms with E-state index in [9.17, 15) is 0 Å². The molecule has 0 heterocycles. The predicted molar refractivity (Wildman–Crippen MR) is 61.6 cm³/mol. The van der Waals surface area contributed by atoms with Crippen molar-refractivity contribution in [2.75, 3.05) is 0 Å². The fourth-order valence-electron chi connectivity index (χ4n) is 1.45. The van der Waals surface area contributed by atoms with E-state index in [0.29, 0.717) is 5.75 Å². The molecule has 0 spiro atoms. The SMILES string of the molecule is OBOc1cccc2cccc(Br)c12. The molecule has 2 rings (SSSR count). The minimum absolute atomic E-state index is 0.305. The van der Waals surface area contributed by atoms with Crippen LogP contribution >= 0.6 is 15.9 Å². The lowest BCUT2D eigenvalue weighted by Gasteiger charge is -2.07. The molecule has 70 valence electrons. The average Bonchev–Trinajstić information content (AvgIpc) is 2.19. The standard InChI is InChI=1S/C10H8BBrO2/c12-8-5-1-3-7-4-2-6-9(10(7)8)14-11-13/h1-6,11,13H. The molecular weight excluding hydrogens is 243 g/mol. The van der Waals surface area contributed by atoms with E-state index in [4.69, 9.17) is 9.68 Å². The fraction of sp³-hybridized carbons (Fsp3) is 0. The second-order valence-corrected chi connectivity index (χ2v) is 3.72. The van der Waals surface area contributed by atoms with Crippen LogP contribution in [0.1, 0.15) is 0 Å². The Hall–Kier alpha value is -0.995. The van der Waals surface area contributed by atoms with Gasteiger partial charge in [0.2, 0.25) is 0 Å². The molecule has 0 atom stereocenters. The summed E-state index contributed by atoms with van der Waals surface area (Å²) in [7, 11) is -0.305. The molecule has 0 saturated heterocycles. The summed E-state index contributed by atoms with van der Waals surface area (Å²) in [6.07, 6.45) is 0. The van der Waals surface area contributed by atoms with Gasteiger partial charge in [0, 0.05) is 9.86 Å². The van der Waals surface area contributed by atoms with Gasteiger partial charge in [-0.1, -0.05) is 40.2 Å². The third-order valence-corrected chi connectivity index (χ3v) is 2.70. The summed E-state index contributed by atoms with van der Waals surface area (Å²) in [5.41, 5.74) is 0. The molecule has 0 aliphatic carbocycles. The van der Waals surface area contributed by atoms with Crippen LogP contribution in [0.3, 0.4) is 0 Å². The third-order valence-electron chi connectivity index (χ3n) is 2.04. The fourth-order valence-corrected chi connectivity index (χ4v) is 2.03. The first kappa shape index (κ1) is 9.56. The highest BCUT2D eigenvalue weighted by molar-refractivity contribution is 9.10. The Morgan fingerprint density at radius 1 is 1.14 bits per heavy atom. The molecule has 1 N–H and O–H groups in total. The highest BCUT2D eigenvalue weighted by atomic mass is 79.9.